The molecule has 0 aromatic carbocycles. The highest BCUT2D eigenvalue weighted by molar-refractivity contribution is 6.31. The van der Waals surface area contributed by atoms with Gasteiger partial charge in [0.15, 0.2) is 0 Å². The average molecular weight is 214 g/mol. The lowest BCUT2D eigenvalue weighted by Crippen LogP contribution is -2.17. The topological polar surface area (TPSA) is 43.8 Å². The standard InChI is InChI=1S/C10H16ClN3/c1-2-14-10(8(11)6-13-14)9(12)5-7-3-4-7/h6-7,9H,2-5,12H2,1H3. The minimum atomic E-state index is 0.0532. The summed E-state index contributed by atoms with van der Waals surface area (Å²) in [6.07, 6.45) is 5.38. The molecule has 1 fully saturated rings. The van der Waals surface area contributed by atoms with Crippen molar-refractivity contribution in [3.8, 4) is 0 Å². The zero-order chi connectivity index (χ0) is 10.1. The summed E-state index contributed by atoms with van der Waals surface area (Å²) < 4.78 is 1.90. The van der Waals surface area contributed by atoms with E-state index in [9.17, 15) is 0 Å². The maximum Gasteiger partial charge on any atom is 0.0834 e. The lowest BCUT2D eigenvalue weighted by atomic mass is 10.1. The second-order valence-corrected chi connectivity index (χ2v) is 4.39. The van der Waals surface area contributed by atoms with Crippen molar-refractivity contribution in [2.24, 2.45) is 11.7 Å². The molecule has 0 radical (unpaired) electrons. The molecule has 1 atom stereocenters. The molecule has 78 valence electrons. The molecule has 0 aliphatic heterocycles. The number of aryl methyl sites for hydroxylation is 1. The third kappa shape index (κ3) is 1.93. The number of nitrogens with two attached hydrogens (primary N) is 1. The maximum atomic E-state index is 6.11. The summed E-state index contributed by atoms with van der Waals surface area (Å²) in [5.41, 5.74) is 7.11. The van der Waals surface area contributed by atoms with Gasteiger partial charge in [0.1, 0.15) is 0 Å². The molecular formula is C10H16ClN3. The summed E-state index contributed by atoms with van der Waals surface area (Å²) in [5.74, 6) is 0.821. The van der Waals surface area contributed by atoms with Crippen molar-refractivity contribution in [3.63, 3.8) is 0 Å². The van der Waals surface area contributed by atoms with Gasteiger partial charge >= 0.3 is 0 Å². The van der Waals surface area contributed by atoms with E-state index in [1.807, 2.05) is 4.68 Å². The molecule has 2 N–H and O–H groups in total. The van der Waals surface area contributed by atoms with Crippen LogP contribution in [0.4, 0.5) is 0 Å². The van der Waals surface area contributed by atoms with Crippen LogP contribution >= 0.6 is 11.6 Å². The molecule has 2 rings (SSSR count). The van der Waals surface area contributed by atoms with Crippen LogP contribution in [-0.2, 0) is 6.54 Å². The van der Waals surface area contributed by atoms with Gasteiger partial charge in [-0.3, -0.25) is 4.68 Å². The highest BCUT2D eigenvalue weighted by Crippen LogP contribution is 2.37. The molecule has 14 heavy (non-hydrogen) atoms. The Bertz CT molecular complexity index is 317. The fourth-order valence-electron chi connectivity index (χ4n) is 1.82. The van der Waals surface area contributed by atoms with E-state index < -0.39 is 0 Å². The van der Waals surface area contributed by atoms with E-state index in [0.29, 0.717) is 5.02 Å². The van der Waals surface area contributed by atoms with Crippen molar-refractivity contribution < 1.29 is 0 Å². The number of aromatic nitrogens is 2. The number of rotatable bonds is 4. The predicted octanol–water partition coefficient (Wildman–Crippen LogP) is 2.36. The van der Waals surface area contributed by atoms with Gasteiger partial charge in [-0.15, -0.1) is 0 Å². The molecule has 1 aliphatic carbocycles. The van der Waals surface area contributed by atoms with Crippen molar-refractivity contribution >= 4 is 11.6 Å². The van der Waals surface area contributed by atoms with E-state index in [1.165, 1.54) is 12.8 Å². The molecule has 1 aromatic heterocycles. The summed E-state index contributed by atoms with van der Waals surface area (Å²) in [5, 5.41) is 4.90. The molecule has 0 spiro atoms. The quantitative estimate of drug-likeness (QED) is 0.835. The van der Waals surface area contributed by atoms with Crippen LogP contribution in [0.5, 0.6) is 0 Å². The zero-order valence-electron chi connectivity index (χ0n) is 8.41. The van der Waals surface area contributed by atoms with Gasteiger partial charge in [-0.2, -0.15) is 5.10 Å². The third-order valence-corrected chi connectivity index (χ3v) is 3.06. The maximum absolute atomic E-state index is 6.11. The second-order valence-electron chi connectivity index (χ2n) is 3.98. The first-order chi connectivity index (χ1) is 6.72. The molecule has 1 unspecified atom stereocenters. The van der Waals surface area contributed by atoms with E-state index >= 15 is 0 Å². The molecule has 0 bridgehead atoms. The molecule has 0 amide bonds. The third-order valence-electron chi connectivity index (χ3n) is 2.77. The number of hydrogen-bond acceptors (Lipinski definition) is 2. The highest BCUT2D eigenvalue weighted by Gasteiger charge is 2.27. The van der Waals surface area contributed by atoms with Crippen molar-refractivity contribution in [2.75, 3.05) is 0 Å². The number of nitrogens with zero attached hydrogens (tertiary/aromatic N) is 2. The summed E-state index contributed by atoms with van der Waals surface area (Å²) in [7, 11) is 0. The van der Waals surface area contributed by atoms with Gasteiger partial charge in [0.05, 0.1) is 16.9 Å². The van der Waals surface area contributed by atoms with E-state index in [0.717, 1.165) is 24.6 Å². The van der Waals surface area contributed by atoms with Gasteiger partial charge in [-0.25, -0.2) is 0 Å². The Morgan fingerprint density at radius 1 is 1.71 bits per heavy atom. The molecule has 1 aromatic rings. The van der Waals surface area contributed by atoms with E-state index in [1.54, 1.807) is 6.20 Å². The first-order valence-corrected chi connectivity index (χ1v) is 5.57. The van der Waals surface area contributed by atoms with E-state index in [2.05, 4.69) is 12.0 Å². The lowest BCUT2D eigenvalue weighted by Gasteiger charge is -2.13. The fourth-order valence-corrected chi connectivity index (χ4v) is 2.10. The molecule has 1 heterocycles. The van der Waals surface area contributed by atoms with Gasteiger partial charge < -0.3 is 5.73 Å². The van der Waals surface area contributed by atoms with Crippen LogP contribution in [0.3, 0.4) is 0 Å². The van der Waals surface area contributed by atoms with Gasteiger partial charge in [-0.1, -0.05) is 24.4 Å². The minimum Gasteiger partial charge on any atom is -0.323 e. The number of halogens is 1. The Labute approximate surface area is 89.2 Å². The summed E-state index contributed by atoms with van der Waals surface area (Å²) >= 11 is 6.06. The van der Waals surface area contributed by atoms with Crippen LogP contribution in [0.25, 0.3) is 0 Å². The normalized spacial score (nSPS) is 18.5. The van der Waals surface area contributed by atoms with Gasteiger partial charge in [0.25, 0.3) is 0 Å². The molecule has 1 saturated carbocycles. The second kappa shape index (κ2) is 3.91. The molecular weight excluding hydrogens is 198 g/mol. The Hall–Kier alpha value is -0.540. The smallest absolute Gasteiger partial charge is 0.0834 e. The molecule has 3 nitrogen and oxygen atoms in total. The molecule has 4 heteroatoms. The van der Waals surface area contributed by atoms with Crippen molar-refractivity contribution in [1.29, 1.82) is 0 Å². The Morgan fingerprint density at radius 2 is 2.43 bits per heavy atom. The minimum absolute atomic E-state index is 0.0532. The van der Waals surface area contributed by atoms with E-state index in [4.69, 9.17) is 17.3 Å². The van der Waals surface area contributed by atoms with Crippen molar-refractivity contribution in [2.45, 2.75) is 38.8 Å². The van der Waals surface area contributed by atoms with Gasteiger partial charge in [-0.05, 0) is 19.3 Å². The van der Waals surface area contributed by atoms with Crippen LogP contribution in [0.15, 0.2) is 6.20 Å². The van der Waals surface area contributed by atoms with Crippen LogP contribution in [0.2, 0.25) is 5.02 Å². The Morgan fingerprint density at radius 3 is 3.00 bits per heavy atom. The van der Waals surface area contributed by atoms with Gasteiger partial charge in [0, 0.05) is 12.6 Å². The lowest BCUT2D eigenvalue weighted by molar-refractivity contribution is 0.524. The first-order valence-electron chi connectivity index (χ1n) is 5.19. The van der Waals surface area contributed by atoms with Crippen molar-refractivity contribution in [1.82, 2.24) is 9.78 Å². The number of hydrogen-bond donors (Lipinski definition) is 1. The van der Waals surface area contributed by atoms with Crippen LogP contribution in [0.1, 0.15) is 37.9 Å². The van der Waals surface area contributed by atoms with Crippen LogP contribution < -0.4 is 5.73 Å². The average Bonchev–Trinajstić information content (AvgIpc) is 2.87. The summed E-state index contributed by atoms with van der Waals surface area (Å²) in [6.45, 7) is 2.89. The monoisotopic (exact) mass is 213 g/mol. The first kappa shape index (κ1) is 9.99. The Kier molecular flexibility index (Phi) is 2.79. The van der Waals surface area contributed by atoms with Crippen LogP contribution in [0, 0.1) is 5.92 Å². The zero-order valence-corrected chi connectivity index (χ0v) is 9.17. The van der Waals surface area contributed by atoms with Crippen LogP contribution in [-0.4, -0.2) is 9.78 Å². The summed E-state index contributed by atoms with van der Waals surface area (Å²) in [6, 6.07) is 0.0532. The predicted molar refractivity (Wildman–Crippen MR) is 57.2 cm³/mol. The van der Waals surface area contributed by atoms with Gasteiger partial charge in [0.2, 0.25) is 0 Å². The highest BCUT2D eigenvalue weighted by atomic mass is 35.5. The van der Waals surface area contributed by atoms with Crippen molar-refractivity contribution in [3.05, 3.63) is 16.9 Å². The summed E-state index contributed by atoms with van der Waals surface area (Å²) in [4.78, 5) is 0. The molecule has 1 aliphatic rings. The SMILES string of the molecule is CCn1ncc(Cl)c1C(N)CC1CC1. The fraction of sp³-hybridized carbons (Fsp3) is 0.700. The Balaban J connectivity index is 2.14. The molecule has 0 saturated heterocycles. The largest absolute Gasteiger partial charge is 0.323 e. The van der Waals surface area contributed by atoms with E-state index in [-0.39, 0.29) is 6.04 Å².